The molecule has 9 nitrogen and oxygen atoms in total. The molecule has 0 aliphatic rings. The smallest absolute Gasteiger partial charge is 0.169 e. The standard InChI is InChI=1S/C17H20N8O/c18-7-13(9-20-4-6-26)14-10-22-16(19)17(24-14)23-8-12-1-2-15-21-3-5-25(15)11-12/h1-3,5,7,9-11,26H,4,6,8,18H2,(H2,19,22)(H,23,24). The number of nitrogens with one attached hydrogen (secondary N) is 1. The second-order valence-corrected chi connectivity index (χ2v) is 5.45. The van der Waals surface area contributed by atoms with Crippen molar-refractivity contribution in [2.24, 2.45) is 10.7 Å². The van der Waals surface area contributed by atoms with Crippen molar-refractivity contribution in [1.29, 1.82) is 0 Å². The van der Waals surface area contributed by atoms with Crippen molar-refractivity contribution in [3.05, 3.63) is 54.4 Å². The van der Waals surface area contributed by atoms with Crippen LogP contribution in [0, 0.1) is 0 Å². The van der Waals surface area contributed by atoms with E-state index in [1.54, 1.807) is 12.4 Å². The molecule has 0 aromatic carbocycles. The summed E-state index contributed by atoms with van der Waals surface area (Å²) < 4.78 is 1.94. The maximum atomic E-state index is 8.81. The Kier molecular flexibility index (Phi) is 5.40. The summed E-state index contributed by atoms with van der Waals surface area (Å²) in [5.74, 6) is 0.754. The van der Waals surface area contributed by atoms with E-state index in [9.17, 15) is 0 Å². The summed E-state index contributed by atoms with van der Waals surface area (Å²) in [7, 11) is 0. The van der Waals surface area contributed by atoms with E-state index >= 15 is 0 Å². The van der Waals surface area contributed by atoms with E-state index in [2.05, 4.69) is 25.3 Å². The maximum absolute atomic E-state index is 8.81. The molecule has 3 heterocycles. The minimum absolute atomic E-state index is 0.0319. The van der Waals surface area contributed by atoms with Gasteiger partial charge in [-0.1, -0.05) is 6.07 Å². The van der Waals surface area contributed by atoms with Crippen LogP contribution in [0.3, 0.4) is 0 Å². The first-order valence-corrected chi connectivity index (χ1v) is 8.02. The highest BCUT2D eigenvalue weighted by molar-refractivity contribution is 6.08. The normalized spacial score (nSPS) is 12.1. The molecule has 134 valence electrons. The molecule has 0 unspecified atom stereocenters. The predicted octanol–water partition coefficient (Wildman–Crippen LogP) is 0.681. The summed E-state index contributed by atoms with van der Waals surface area (Å²) in [6, 6.07) is 3.92. The van der Waals surface area contributed by atoms with E-state index in [0.29, 0.717) is 36.0 Å². The van der Waals surface area contributed by atoms with Gasteiger partial charge in [0, 0.05) is 43.1 Å². The van der Waals surface area contributed by atoms with Crippen LogP contribution in [-0.2, 0) is 6.54 Å². The lowest BCUT2D eigenvalue weighted by molar-refractivity contribution is 0.307. The van der Waals surface area contributed by atoms with Gasteiger partial charge in [-0.25, -0.2) is 15.0 Å². The first-order chi connectivity index (χ1) is 12.7. The molecule has 0 aliphatic heterocycles. The highest BCUT2D eigenvalue weighted by Gasteiger charge is 2.08. The van der Waals surface area contributed by atoms with Gasteiger partial charge in [0.1, 0.15) is 5.65 Å². The molecule has 0 amide bonds. The number of nitrogen functional groups attached to an aromatic ring is 1. The Labute approximate surface area is 150 Å². The zero-order valence-electron chi connectivity index (χ0n) is 14.1. The molecule has 0 aliphatic carbocycles. The monoisotopic (exact) mass is 352 g/mol. The predicted molar refractivity (Wildman–Crippen MR) is 102 cm³/mol. The van der Waals surface area contributed by atoms with Crippen LogP contribution in [0.2, 0.25) is 0 Å². The van der Waals surface area contributed by atoms with Crippen LogP contribution in [0.15, 0.2) is 48.1 Å². The van der Waals surface area contributed by atoms with Crippen LogP contribution < -0.4 is 16.8 Å². The Morgan fingerprint density at radius 3 is 3.04 bits per heavy atom. The van der Waals surface area contributed by atoms with Crippen molar-refractivity contribution in [1.82, 2.24) is 19.4 Å². The number of aliphatic hydroxyl groups is 1. The fraction of sp³-hybridized carbons (Fsp3) is 0.176. The topological polar surface area (TPSA) is 140 Å². The second kappa shape index (κ2) is 8.08. The number of imidazole rings is 1. The van der Waals surface area contributed by atoms with Crippen LogP contribution in [0.4, 0.5) is 11.6 Å². The van der Waals surface area contributed by atoms with Crippen molar-refractivity contribution in [3.63, 3.8) is 0 Å². The molecular weight excluding hydrogens is 332 g/mol. The van der Waals surface area contributed by atoms with Gasteiger partial charge in [-0.15, -0.1) is 0 Å². The molecule has 3 aromatic rings. The highest BCUT2D eigenvalue weighted by atomic mass is 16.3. The van der Waals surface area contributed by atoms with Crippen molar-refractivity contribution in [2.45, 2.75) is 6.54 Å². The molecule has 0 saturated carbocycles. The van der Waals surface area contributed by atoms with Gasteiger partial charge in [-0.05, 0) is 11.6 Å². The van der Waals surface area contributed by atoms with Crippen LogP contribution in [0.1, 0.15) is 11.3 Å². The summed E-state index contributed by atoms with van der Waals surface area (Å²) in [5, 5.41) is 12.0. The quantitative estimate of drug-likeness (QED) is 0.458. The first kappa shape index (κ1) is 17.4. The van der Waals surface area contributed by atoms with Gasteiger partial charge in [0.2, 0.25) is 0 Å². The van der Waals surface area contributed by atoms with E-state index in [0.717, 1.165) is 11.2 Å². The van der Waals surface area contributed by atoms with Crippen molar-refractivity contribution in [3.8, 4) is 0 Å². The number of hydrogen-bond acceptors (Lipinski definition) is 8. The fourth-order valence-corrected chi connectivity index (χ4v) is 2.34. The summed E-state index contributed by atoms with van der Waals surface area (Å²) in [4.78, 5) is 16.9. The third-order valence-corrected chi connectivity index (χ3v) is 3.65. The molecule has 0 saturated heterocycles. The lowest BCUT2D eigenvalue weighted by Crippen LogP contribution is -2.09. The third kappa shape index (κ3) is 3.95. The summed E-state index contributed by atoms with van der Waals surface area (Å²) in [6.45, 7) is 0.786. The van der Waals surface area contributed by atoms with Gasteiger partial charge < -0.3 is 26.3 Å². The van der Waals surface area contributed by atoms with E-state index < -0.39 is 0 Å². The Morgan fingerprint density at radius 2 is 2.23 bits per heavy atom. The molecule has 3 aromatic heterocycles. The number of nitrogens with two attached hydrogens (primary N) is 2. The molecule has 0 spiro atoms. The zero-order valence-corrected chi connectivity index (χ0v) is 14.1. The molecular formula is C17H20N8O. The maximum Gasteiger partial charge on any atom is 0.169 e. The molecule has 6 N–H and O–H groups in total. The fourth-order valence-electron chi connectivity index (χ4n) is 2.34. The summed E-state index contributed by atoms with van der Waals surface area (Å²) in [5.41, 5.74) is 14.6. The molecule has 0 atom stereocenters. The molecule has 0 radical (unpaired) electrons. The summed E-state index contributed by atoms with van der Waals surface area (Å²) >= 11 is 0. The number of fused-ring (bicyclic) bond motifs is 1. The van der Waals surface area contributed by atoms with Crippen LogP contribution >= 0.6 is 0 Å². The van der Waals surface area contributed by atoms with Crippen molar-refractivity contribution in [2.75, 3.05) is 24.2 Å². The molecule has 3 rings (SSSR count). The molecule has 0 bridgehead atoms. The minimum Gasteiger partial charge on any atom is -0.404 e. The zero-order chi connectivity index (χ0) is 18.4. The number of allylic oxidation sites excluding steroid dienone is 1. The number of nitrogens with zero attached hydrogens (tertiary/aromatic N) is 5. The number of aliphatic imine (C=N–C) groups is 1. The van der Waals surface area contributed by atoms with Crippen LogP contribution in [0.5, 0.6) is 0 Å². The molecule has 9 heteroatoms. The lowest BCUT2D eigenvalue weighted by atomic mass is 10.2. The van der Waals surface area contributed by atoms with E-state index in [1.807, 2.05) is 28.9 Å². The molecule has 0 fully saturated rings. The average Bonchev–Trinajstić information content (AvgIpc) is 3.13. The number of hydrogen-bond donors (Lipinski definition) is 4. The summed E-state index contributed by atoms with van der Waals surface area (Å²) in [6.07, 6.45) is 10.1. The first-order valence-electron chi connectivity index (χ1n) is 8.02. The lowest BCUT2D eigenvalue weighted by Gasteiger charge is -2.10. The number of anilines is 2. The van der Waals surface area contributed by atoms with Gasteiger partial charge in [0.25, 0.3) is 0 Å². The Morgan fingerprint density at radius 1 is 1.35 bits per heavy atom. The average molecular weight is 352 g/mol. The Balaban J connectivity index is 1.76. The number of rotatable bonds is 7. The molecule has 26 heavy (non-hydrogen) atoms. The number of aromatic nitrogens is 4. The SMILES string of the molecule is NC=C(C=NCCO)c1cnc(N)c(NCc2ccc3nccn3c2)n1. The highest BCUT2D eigenvalue weighted by Crippen LogP contribution is 2.17. The third-order valence-electron chi connectivity index (χ3n) is 3.65. The van der Waals surface area contributed by atoms with Gasteiger partial charge in [-0.3, -0.25) is 4.99 Å². The van der Waals surface area contributed by atoms with Crippen LogP contribution in [-0.4, -0.2) is 43.8 Å². The minimum atomic E-state index is -0.0319. The van der Waals surface area contributed by atoms with E-state index in [4.69, 9.17) is 16.6 Å². The van der Waals surface area contributed by atoms with Crippen molar-refractivity contribution >= 4 is 29.1 Å². The van der Waals surface area contributed by atoms with Gasteiger partial charge in [0.15, 0.2) is 11.6 Å². The van der Waals surface area contributed by atoms with Gasteiger partial charge >= 0.3 is 0 Å². The number of pyridine rings is 1. The second-order valence-electron chi connectivity index (χ2n) is 5.45. The Hall–Kier alpha value is -3.46. The van der Waals surface area contributed by atoms with Crippen LogP contribution in [0.25, 0.3) is 11.2 Å². The van der Waals surface area contributed by atoms with Crippen molar-refractivity contribution < 1.29 is 5.11 Å². The van der Waals surface area contributed by atoms with E-state index in [1.165, 1.54) is 12.4 Å². The van der Waals surface area contributed by atoms with E-state index in [-0.39, 0.29) is 6.61 Å². The largest absolute Gasteiger partial charge is 0.404 e. The number of aliphatic hydroxyl groups excluding tert-OH is 1. The Bertz CT molecular complexity index is 947. The van der Waals surface area contributed by atoms with Gasteiger partial charge in [-0.2, -0.15) is 0 Å². The van der Waals surface area contributed by atoms with Gasteiger partial charge in [0.05, 0.1) is 25.0 Å².